The number of sulfonamides is 1. The second kappa shape index (κ2) is 8.22. The predicted molar refractivity (Wildman–Crippen MR) is 104 cm³/mol. The highest BCUT2D eigenvalue weighted by Gasteiger charge is 2.31. The van der Waals surface area contributed by atoms with E-state index in [2.05, 4.69) is 10.0 Å². The Labute approximate surface area is 172 Å². The van der Waals surface area contributed by atoms with Gasteiger partial charge in [-0.3, -0.25) is 14.3 Å². The molecule has 3 rings (SSSR count). The van der Waals surface area contributed by atoms with Crippen molar-refractivity contribution in [3.05, 3.63) is 88.1 Å². The number of nitrogens with one attached hydrogen (secondary N) is 3. The Kier molecular flexibility index (Phi) is 5.84. The molecular formula is C19H13F4N3O4S. The van der Waals surface area contributed by atoms with Crippen LogP contribution in [0.1, 0.15) is 15.9 Å². The van der Waals surface area contributed by atoms with Gasteiger partial charge in [0.2, 0.25) is 0 Å². The second-order valence-corrected chi connectivity index (χ2v) is 7.90. The van der Waals surface area contributed by atoms with Crippen molar-refractivity contribution in [2.24, 2.45) is 0 Å². The number of alkyl halides is 3. The van der Waals surface area contributed by atoms with Crippen molar-refractivity contribution in [1.29, 1.82) is 0 Å². The van der Waals surface area contributed by atoms with E-state index < -0.39 is 44.7 Å². The van der Waals surface area contributed by atoms with Crippen molar-refractivity contribution in [3.63, 3.8) is 0 Å². The minimum absolute atomic E-state index is 0.0402. The van der Waals surface area contributed by atoms with E-state index in [0.717, 1.165) is 24.3 Å². The van der Waals surface area contributed by atoms with E-state index in [1.807, 2.05) is 4.98 Å². The van der Waals surface area contributed by atoms with Crippen molar-refractivity contribution in [1.82, 2.24) is 4.98 Å². The highest BCUT2D eigenvalue weighted by molar-refractivity contribution is 7.92. The molecule has 1 heterocycles. The number of hydrogen-bond donors (Lipinski definition) is 3. The van der Waals surface area contributed by atoms with Gasteiger partial charge in [0.15, 0.2) is 0 Å². The molecule has 3 aromatic rings. The highest BCUT2D eigenvalue weighted by Crippen LogP contribution is 2.29. The maximum absolute atomic E-state index is 13.0. The molecule has 0 unspecified atom stereocenters. The van der Waals surface area contributed by atoms with E-state index in [9.17, 15) is 35.6 Å². The molecule has 0 saturated carbocycles. The van der Waals surface area contributed by atoms with Crippen LogP contribution in [-0.4, -0.2) is 19.3 Å². The van der Waals surface area contributed by atoms with E-state index in [4.69, 9.17) is 0 Å². The van der Waals surface area contributed by atoms with Crippen LogP contribution in [0.25, 0.3) is 0 Å². The second-order valence-electron chi connectivity index (χ2n) is 6.22. The predicted octanol–water partition coefficient (Wildman–Crippen LogP) is 3.59. The van der Waals surface area contributed by atoms with Crippen molar-refractivity contribution in [2.75, 3.05) is 10.0 Å². The van der Waals surface area contributed by atoms with E-state index in [0.29, 0.717) is 12.3 Å². The SMILES string of the molecule is O=C(Nc1cc(C(F)(F)F)c[nH]c1=O)c1ccc(NS(=O)(=O)c2ccc(F)cc2)cc1. The van der Waals surface area contributed by atoms with Gasteiger partial charge in [0, 0.05) is 17.4 Å². The first kappa shape index (κ1) is 22.0. The molecule has 0 saturated heterocycles. The summed E-state index contributed by atoms with van der Waals surface area (Å²) in [6, 6.07) is 9.52. The topological polar surface area (TPSA) is 108 Å². The van der Waals surface area contributed by atoms with Gasteiger partial charge in [-0.1, -0.05) is 0 Å². The summed E-state index contributed by atoms with van der Waals surface area (Å²) >= 11 is 0. The molecule has 7 nitrogen and oxygen atoms in total. The lowest BCUT2D eigenvalue weighted by atomic mass is 10.2. The fraction of sp³-hybridized carbons (Fsp3) is 0.0526. The molecule has 0 atom stereocenters. The first-order chi connectivity index (χ1) is 14.5. The summed E-state index contributed by atoms with van der Waals surface area (Å²) < 4.78 is 78.1. The number of aromatic nitrogens is 1. The van der Waals surface area contributed by atoms with Crippen LogP contribution < -0.4 is 15.6 Å². The summed E-state index contributed by atoms with van der Waals surface area (Å²) in [6.45, 7) is 0. The van der Waals surface area contributed by atoms with Crippen molar-refractivity contribution in [2.45, 2.75) is 11.1 Å². The fourth-order valence-corrected chi connectivity index (χ4v) is 3.51. The number of rotatable bonds is 5. The molecule has 31 heavy (non-hydrogen) atoms. The summed E-state index contributed by atoms with van der Waals surface area (Å²) in [4.78, 5) is 25.7. The Morgan fingerprint density at radius 1 is 0.968 bits per heavy atom. The zero-order chi connectivity index (χ0) is 22.8. The molecule has 3 N–H and O–H groups in total. The Morgan fingerprint density at radius 2 is 1.58 bits per heavy atom. The summed E-state index contributed by atoms with van der Waals surface area (Å²) in [7, 11) is -4.01. The smallest absolute Gasteiger partial charge is 0.327 e. The van der Waals surface area contributed by atoms with Crippen LogP contribution in [0.15, 0.2) is 70.5 Å². The number of aromatic amines is 1. The van der Waals surface area contributed by atoms with E-state index in [-0.39, 0.29) is 16.1 Å². The van der Waals surface area contributed by atoms with Crippen LogP contribution in [0.3, 0.4) is 0 Å². The average molecular weight is 455 g/mol. The number of amides is 1. The van der Waals surface area contributed by atoms with E-state index in [1.54, 1.807) is 0 Å². The largest absolute Gasteiger partial charge is 0.417 e. The number of anilines is 2. The van der Waals surface area contributed by atoms with E-state index >= 15 is 0 Å². The molecule has 0 aliphatic carbocycles. The molecule has 2 aromatic carbocycles. The molecular weight excluding hydrogens is 442 g/mol. The lowest BCUT2D eigenvalue weighted by Gasteiger charge is -2.10. The number of carbonyl (C=O) groups excluding carboxylic acids is 1. The maximum atomic E-state index is 13.0. The van der Waals surface area contributed by atoms with Crippen LogP contribution in [0, 0.1) is 5.82 Å². The lowest BCUT2D eigenvalue weighted by molar-refractivity contribution is -0.137. The molecule has 1 aromatic heterocycles. The molecule has 12 heteroatoms. The maximum Gasteiger partial charge on any atom is 0.417 e. The zero-order valence-corrected chi connectivity index (χ0v) is 16.1. The Balaban J connectivity index is 1.75. The summed E-state index contributed by atoms with van der Waals surface area (Å²) in [5.74, 6) is -1.48. The third-order valence-corrected chi connectivity index (χ3v) is 5.40. The van der Waals surface area contributed by atoms with Crippen molar-refractivity contribution >= 4 is 27.3 Å². The fourth-order valence-electron chi connectivity index (χ4n) is 2.45. The monoisotopic (exact) mass is 455 g/mol. The standard InChI is InChI=1S/C19H13F4N3O4S/c20-13-3-7-15(8-4-13)31(29,30)26-14-5-1-11(2-6-14)17(27)25-16-9-12(19(21,22)23)10-24-18(16)28/h1-10,26H,(H,24,28)(H,25,27). The highest BCUT2D eigenvalue weighted by atomic mass is 32.2. The van der Waals surface area contributed by atoms with Gasteiger partial charge >= 0.3 is 6.18 Å². The lowest BCUT2D eigenvalue weighted by Crippen LogP contribution is -2.21. The Morgan fingerprint density at radius 3 is 2.16 bits per heavy atom. The Hall–Kier alpha value is -3.67. The molecule has 1 amide bonds. The molecule has 162 valence electrons. The van der Waals surface area contributed by atoms with E-state index in [1.165, 1.54) is 24.3 Å². The number of benzene rings is 2. The molecule has 0 aliphatic heterocycles. The first-order valence-electron chi connectivity index (χ1n) is 8.45. The van der Waals surface area contributed by atoms with Crippen LogP contribution in [-0.2, 0) is 16.2 Å². The number of H-pyrrole nitrogens is 1. The van der Waals surface area contributed by atoms with Crippen molar-refractivity contribution < 1.29 is 30.8 Å². The molecule has 0 radical (unpaired) electrons. The van der Waals surface area contributed by atoms with Gasteiger partial charge < -0.3 is 10.3 Å². The van der Waals surface area contributed by atoms with Crippen LogP contribution in [0.5, 0.6) is 0 Å². The number of halogens is 4. The summed E-state index contributed by atoms with van der Waals surface area (Å²) in [5.41, 5.74) is -2.63. The normalized spacial score (nSPS) is 11.7. The molecule has 0 spiro atoms. The average Bonchev–Trinajstić information content (AvgIpc) is 2.69. The van der Waals surface area contributed by atoms with Crippen LogP contribution in [0.2, 0.25) is 0 Å². The van der Waals surface area contributed by atoms with Crippen LogP contribution >= 0.6 is 0 Å². The number of carbonyl (C=O) groups is 1. The van der Waals surface area contributed by atoms with Gasteiger partial charge in [-0.15, -0.1) is 0 Å². The zero-order valence-electron chi connectivity index (χ0n) is 15.3. The number of hydrogen-bond acceptors (Lipinski definition) is 4. The third-order valence-electron chi connectivity index (χ3n) is 4.00. The van der Waals surface area contributed by atoms with Gasteiger partial charge in [-0.25, -0.2) is 12.8 Å². The molecule has 0 fully saturated rings. The number of pyridine rings is 1. The Bertz CT molecular complexity index is 1270. The van der Waals surface area contributed by atoms with Gasteiger partial charge in [-0.2, -0.15) is 13.2 Å². The quantitative estimate of drug-likeness (QED) is 0.511. The minimum atomic E-state index is -4.72. The van der Waals surface area contributed by atoms with Gasteiger partial charge in [0.05, 0.1) is 10.5 Å². The minimum Gasteiger partial charge on any atom is -0.327 e. The van der Waals surface area contributed by atoms with Crippen LogP contribution in [0.4, 0.5) is 28.9 Å². The van der Waals surface area contributed by atoms with Crippen molar-refractivity contribution in [3.8, 4) is 0 Å². The van der Waals surface area contributed by atoms with Gasteiger partial charge in [0.1, 0.15) is 11.5 Å². The molecule has 0 aliphatic rings. The third kappa shape index (κ3) is 5.28. The summed E-state index contributed by atoms with van der Waals surface area (Å²) in [5, 5.41) is 2.08. The van der Waals surface area contributed by atoms with Gasteiger partial charge in [0.25, 0.3) is 21.5 Å². The summed E-state index contributed by atoms with van der Waals surface area (Å²) in [6.07, 6.45) is -4.23. The first-order valence-corrected chi connectivity index (χ1v) is 9.94. The molecule has 0 bridgehead atoms. The van der Waals surface area contributed by atoms with Gasteiger partial charge in [-0.05, 0) is 54.6 Å².